The van der Waals surface area contributed by atoms with Crippen molar-refractivity contribution in [1.29, 1.82) is 0 Å². The molecule has 0 unspecified atom stereocenters. The molecule has 0 saturated heterocycles. The molecule has 3 nitrogen and oxygen atoms in total. The van der Waals surface area contributed by atoms with Gasteiger partial charge in [0.25, 0.3) is 0 Å². The molecule has 0 aromatic carbocycles. The fourth-order valence-corrected chi connectivity index (χ4v) is 3.39. The first kappa shape index (κ1) is 14.2. The minimum absolute atomic E-state index is 0.293. The van der Waals surface area contributed by atoms with Crippen LogP contribution >= 0.6 is 23.2 Å². The summed E-state index contributed by atoms with van der Waals surface area (Å²) in [7, 11) is 1.93. The Hall–Kier alpha value is -0.250. The highest BCUT2D eigenvalue weighted by Gasteiger charge is 2.32. The molecule has 1 aliphatic carbocycles. The van der Waals surface area contributed by atoms with E-state index in [-0.39, 0.29) is 0 Å². The van der Waals surface area contributed by atoms with Gasteiger partial charge in [0.15, 0.2) is 0 Å². The first-order valence-electron chi connectivity index (χ1n) is 6.53. The second-order valence-electron chi connectivity index (χ2n) is 5.41. The second kappa shape index (κ2) is 5.81. The zero-order chi connectivity index (χ0) is 13.2. The van der Waals surface area contributed by atoms with Gasteiger partial charge in [0, 0.05) is 26.0 Å². The summed E-state index contributed by atoms with van der Waals surface area (Å²) in [6, 6.07) is 0. The normalized spacial score (nSPS) is 18.4. The van der Waals surface area contributed by atoms with E-state index < -0.39 is 0 Å². The average Bonchev–Trinajstić information content (AvgIpc) is 2.91. The topological polar surface area (TPSA) is 29.9 Å². The van der Waals surface area contributed by atoms with Gasteiger partial charge in [-0.3, -0.25) is 4.68 Å². The molecule has 1 heterocycles. The molecule has 102 valence electrons. The lowest BCUT2D eigenvalue weighted by Gasteiger charge is -2.26. The minimum Gasteiger partial charge on any atom is -0.311 e. The van der Waals surface area contributed by atoms with Crippen molar-refractivity contribution < 1.29 is 0 Å². The van der Waals surface area contributed by atoms with Crippen LogP contribution in [0.15, 0.2) is 0 Å². The average molecular weight is 290 g/mol. The number of hydrogen-bond acceptors (Lipinski definition) is 2. The van der Waals surface area contributed by atoms with Gasteiger partial charge in [-0.25, -0.2) is 0 Å². The molecule has 1 saturated carbocycles. The smallest absolute Gasteiger partial charge is 0.0860 e. The van der Waals surface area contributed by atoms with Gasteiger partial charge in [-0.15, -0.1) is 11.6 Å². The third kappa shape index (κ3) is 2.84. The molecule has 1 fully saturated rings. The van der Waals surface area contributed by atoms with E-state index in [4.69, 9.17) is 23.2 Å². The first-order valence-corrected chi connectivity index (χ1v) is 7.44. The molecular formula is C13H21Cl2N3. The highest BCUT2D eigenvalue weighted by Crippen LogP contribution is 2.38. The van der Waals surface area contributed by atoms with E-state index in [2.05, 4.69) is 10.4 Å². The van der Waals surface area contributed by atoms with Crippen molar-refractivity contribution in [2.45, 2.75) is 39.2 Å². The Kier molecular flexibility index (Phi) is 4.57. The van der Waals surface area contributed by atoms with Crippen molar-refractivity contribution in [3.05, 3.63) is 16.4 Å². The van der Waals surface area contributed by atoms with Crippen LogP contribution in [0.4, 0.5) is 0 Å². The van der Waals surface area contributed by atoms with Gasteiger partial charge >= 0.3 is 0 Å². The van der Waals surface area contributed by atoms with Gasteiger partial charge in [-0.2, -0.15) is 5.10 Å². The Balaban J connectivity index is 1.92. The summed E-state index contributed by atoms with van der Waals surface area (Å²) in [6.07, 6.45) is 5.09. The summed E-state index contributed by atoms with van der Waals surface area (Å²) in [5.41, 5.74) is 2.24. The zero-order valence-electron chi connectivity index (χ0n) is 11.1. The van der Waals surface area contributed by atoms with E-state index in [1.807, 2.05) is 18.7 Å². The number of aromatic nitrogens is 2. The van der Waals surface area contributed by atoms with E-state index in [0.29, 0.717) is 5.41 Å². The predicted octanol–water partition coefficient (Wildman–Crippen LogP) is 3.27. The molecule has 2 rings (SSSR count). The van der Waals surface area contributed by atoms with E-state index >= 15 is 0 Å². The molecule has 1 aromatic rings. The number of nitrogens with zero attached hydrogens (tertiary/aromatic N) is 2. The monoisotopic (exact) mass is 289 g/mol. The highest BCUT2D eigenvalue weighted by atomic mass is 35.5. The van der Waals surface area contributed by atoms with E-state index in [9.17, 15) is 0 Å². The molecule has 0 spiro atoms. The van der Waals surface area contributed by atoms with Crippen LogP contribution in [0.1, 0.15) is 37.1 Å². The lowest BCUT2D eigenvalue weighted by molar-refractivity contribution is 0.318. The number of hydrogen-bond donors (Lipinski definition) is 1. The van der Waals surface area contributed by atoms with Gasteiger partial charge in [0.1, 0.15) is 0 Å². The molecule has 1 aliphatic rings. The van der Waals surface area contributed by atoms with E-state index in [1.54, 1.807) is 0 Å². The van der Waals surface area contributed by atoms with Crippen molar-refractivity contribution in [3.63, 3.8) is 0 Å². The number of rotatable bonds is 5. The summed E-state index contributed by atoms with van der Waals surface area (Å²) in [5, 5.41) is 8.59. The number of nitrogens with one attached hydrogen (secondary N) is 1. The molecule has 0 radical (unpaired) electrons. The second-order valence-corrected chi connectivity index (χ2v) is 6.06. The summed E-state index contributed by atoms with van der Waals surface area (Å²) in [4.78, 5) is 0. The molecule has 1 N–H and O–H groups in total. The fraction of sp³-hybridized carbons (Fsp3) is 0.769. The van der Waals surface area contributed by atoms with Gasteiger partial charge in [0.2, 0.25) is 0 Å². The van der Waals surface area contributed by atoms with Crippen LogP contribution in [0.5, 0.6) is 0 Å². The summed E-state index contributed by atoms with van der Waals surface area (Å²) < 4.78 is 1.85. The molecule has 5 heteroatoms. The Bertz CT molecular complexity index is 409. The zero-order valence-corrected chi connectivity index (χ0v) is 12.6. The first-order chi connectivity index (χ1) is 8.58. The molecule has 0 bridgehead atoms. The van der Waals surface area contributed by atoms with Gasteiger partial charge in [-0.05, 0) is 25.2 Å². The number of alkyl halides is 1. The van der Waals surface area contributed by atoms with Gasteiger partial charge in [-0.1, -0.05) is 24.4 Å². The van der Waals surface area contributed by atoms with Crippen LogP contribution in [-0.4, -0.2) is 22.2 Å². The standard InChI is InChI=1S/C13H21Cl2N3/c1-10-12(15)11(18(2)17-10)7-16-9-13(8-14)5-3-4-6-13/h16H,3-9H2,1-2H3. The molecule has 0 amide bonds. The summed E-state index contributed by atoms with van der Waals surface area (Å²) in [5.74, 6) is 0.748. The van der Waals surface area contributed by atoms with E-state index in [1.165, 1.54) is 25.7 Å². The maximum absolute atomic E-state index is 6.23. The minimum atomic E-state index is 0.293. The predicted molar refractivity (Wildman–Crippen MR) is 76.3 cm³/mol. The Morgan fingerprint density at radius 3 is 2.56 bits per heavy atom. The van der Waals surface area contributed by atoms with Crippen molar-refractivity contribution in [3.8, 4) is 0 Å². The van der Waals surface area contributed by atoms with Crippen molar-refractivity contribution in [2.24, 2.45) is 12.5 Å². The number of halogens is 2. The summed E-state index contributed by atoms with van der Waals surface area (Å²) in [6.45, 7) is 3.66. The van der Waals surface area contributed by atoms with Crippen LogP contribution in [0, 0.1) is 12.3 Å². The Labute approximate surface area is 119 Å². The largest absolute Gasteiger partial charge is 0.311 e. The van der Waals surface area contributed by atoms with Crippen LogP contribution in [0.25, 0.3) is 0 Å². The summed E-state index contributed by atoms with van der Waals surface area (Å²) >= 11 is 12.4. The van der Waals surface area contributed by atoms with Crippen molar-refractivity contribution >= 4 is 23.2 Å². The van der Waals surface area contributed by atoms with Crippen molar-refractivity contribution in [1.82, 2.24) is 15.1 Å². The van der Waals surface area contributed by atoms with Crippen LogP contribution < -0.4 is 5.32 Å². The Morgan fingerprint density at radius 2 is 2.06 bits per heavy atom. The molecule has 0 atom stereocenters. The quantitative estimate of drug-likeness (QED) is 0.843. The third-order valence-corrected chi connectivity index (χ3v) is 5.06. The lowest BCUT2D eigenvalue weighted by atomic mass is 9.88. The number of aryl methyl sites for hydroxylation is 2. The van der Waals surface area contributed by atoms with Crippen LogP contribution in [0.2, 0.25) is 5.02 Å². The van der Waals surface area contributed by atoms with Crippen molar-refractivity contribution in [2.75, 3.05) is 12.4 Å². The third-order valence-electron chi connectivity index (χ3n) is 4.00. The van der Waals surface area contributed by atoms with Crippen LogP contribution in [0.3, 0.4) is 0 Å². The SMILES string of the molecule is Cc1nn(C)c(CNCC2(CCl)CCCC2)c1Cl. The van der Waals surface area contributed by atoms with Crippen LogP contribution in [-0.2, 0) is 13.6 Å². The van der Waals surface area contributed by atoms with Gasteiger partial charge in [0.05, 0.1) is 16.4 Å². The molecule has 0 aliphatic heterocycles. The van der Waals surface area contributed by atoms with Gasteiger partial charge < -0.3 is 5.32 Å². The molecule has 1 aromatic heterocycles. The maximum Gasteiger partial charge on any atom is 0.0860 e. The molecular weight excluding hydrogens is 269 g/mol. The lowest BCUT2D eigenvalue weighted by Crippen LogP contribution is -2.33. The molecule has 18 heavy (non-hydrogen) atoms. The fourth-order valence-electron chi connectivity index (χ4n) is 2.80. The Morgan fingerprint density at radius 1 is 1.39 bits per heavy atom. The maximum atomic E-state index is 6.23. The highest BCUT2D eigenvalue weighted by molar-refractivity contribution is 6.31. The van der Waals surface area contributed by atoms with E-state index in [0.717, 1.165) is 35.4 Å².